The van der Waals surface area contributed by atoms with Crippen molar-refractivity contribution < 1.29 is 0 Å². The van der Waals surface area contributed by atoms with Gasteiger partial charge in [0.1, 0.15) is 0 Å². The SMILES string of the molecule is CC(C)C1C=C2CCC3C4CCCC4CCC3C2CC1. The van der Waals surface area contributed by atoms with Crippen molar-refractivity contribution in [3.63, 3.8) is 0 Å². The number of allylic oxidation sites excluding steroid dienone is 2. The molecule has 0 nitrogen and oxygen atoms in total. The fourth-order valence-corrected chi connectivity index (χ4v) is 6.51. The van der Waals surface area contributed by atoms with Crippen LogP contribution >= 0.6 is 0 Å². The van der Waals surface area contributed by atoms with E-state index < -0.39 is 0 Å². The first-order valence-corrected chi connectivity index (χ1v) is 9.44. The summed E-state index contributed by atoms with van der Waals surface area (Å²) in [5, 5.41) is 0. The van der Waals surface area contributed by atoms with E-state index in [0.717, 1.165) is 41.4 Å². The third-order valence-corrected chi connectivity index (χ3v) is 7.54. The fraction of sp³-hybridized carbons (Fsp3) is 0.900. The van der Waals surface area contributed by atoms with E-state index in [1.54, 1.807) is 38.5 Å². The van der Waals surface area contributed by atoms with Crippen molar-refractivity contribution in [2.45, 2.75) is 71.6 Å². The van der Waals surface area contributed by atoms with Crippen LogP contribution in [0.2, 0.25) is 0 Å². The average Bonchev–Trinajstić information content (AvgIpc) is 2.94. The van der Waals surface area contributed by atoms with Gasteiger partial charge in [-0.25, -0.2) is 0 Å². The molecule has 0 heteroatoms. The maximum Gasteiger partial charge on any atom is -0.0172 e. The van der Waals surface area contributed by atoms with Crippen LogP contribution < -0.4 is 0 Å². The predicted molar refractivity (Wildman–Crippen MR) is 85.4 cm³/mol. The summed E-state index contributed by atoms with van der Waals surface area (Å²) in [6.45, 7) is 4.83. The largest absolute Gasteiger partial charge is 0.0817 e. The Hall–Kier alpha value is -0.260. The van der Waals surface area contributed by atoms with Crippen LogP contribution in [0.15, 0.2) is 11.6 Å². The topological polar surface area (TPSA) is 0 Å². The van der Waals surface area contributed by atoms with Crippen molar-refractivity contribution in [2.24, 2.45) is 41.4 Å². The third-order valence-electron chi connectivity index (χ3n) is 7.54. The Kier molecular flexibility index (Phi) is 3.47. The van der Waals surface area contributed by atoms with Crippen LogP contribution in [-0.2, 0) is 0 Å². The van der Waals surface area contributed by atoms with Gasteiger partial charge in [0.2, 0.25) is 0 Å². The first-order valence-electron chi connectivity index (χ1n) is 9.44. The van der Waals surface area contributed by atoms with Gasteiger partial charge in [-0.05, 0) is 86.4 Å². The summed E-state index contributed by atoms with van der Waals surface area (Å²) in [5.41, 5.74) is 1.90. The van der Waals surface area contributed by atoms with E-state index in [-0.39, 0.29) is 0 Å². The van der Waals surface area contributed by atoms with E-state index in [2.05, 4.69) is 19.9 Å². The highest BCUT2D eigenvalue weighted by Gasteiger charge is 2.47. The first-order chi connectivity index (χ1) is 9.74. The lowest BCUT2D eigenvalue weighted by molar-refractivity contribution is 0.0456. The lowest BCUT2D eigenvalue weighted by Crippen LogP contribution is -2.41. The highest BCUT2D eigenvalue weighted by Crippen LogP contribution is 2.57. The minimum absolute atomic E-state index is 0.853. The molecule has 6 unspecified atom stereocenters. The molecule has 112 valence electrons. The number of hydrogen-bond donors (Lipinski definition) is 0. The fourth-order valence-electron chi connectivity index (χ4n) is 6.51. The van der Waals surface area contributed by atoms with Gasteiger partial charge in [0.25, 0.3) is 0 Å². The zero-order valence-corrected chi connectivity index (χ0v) is 13.5. The van der Waals surface area contributed by atoms with E-state index in [9.17, 15) is 0 Å². The molecule has 3 saturated carbocycles. The molecule has 0 bridgehead atoms. The second-order valence-electron chi connectivity index (χ2n) is 8.63. The van der Waals surface area contributed by atoms with Crippen molar-refractivity contribution in [1.29, 1.82) is 0 Å². The quantitative estimate of drug-likeness (QED) is 0.527. The van der Waals surface area contributed by atoms with Gasteiger partial charge in [-0.3, -0.25) is 0 Å². The van der Waals surface area contributed by atoms with Gasteiger partial charge in [-0.2, -0.15) is 0 Å². The zero-order chi connectivity index (χ0) is 13.7. The molecule has 6 atom stereocenters. The third kappa shape index (κ3) is 2.09. The Morgan fingerprint density at radius 1 is 0.850 bits per heavy atom. The van der Waals surface area contributed by atoms with Gasteiger partial charge < -0.3 is 0 Å². The summed E-state index contributed by atoms with van der Waals surface area (Å²) < 4.78 is 0. The van der Waals surface area contributed by atoms with E-state index in [4.69, 9.17) is 0 Å². The molecule has 0 aromatic rings. The molecule has 0 aliphatic heterocycles. The maximum absolute atomic E-state index is 2.73. The summed E-state index contributed by atoms with van der Waals surface area (Å²) in [4.78, 5) is 0. The normalized spacial score (nSPS) is 47.5. The van der Waals surface area contributed by atoms with Crippen molar-refractivity contribution >= 4 is 0 Å². The van der Waals surface area contributed by atoms with Gasteiger partial charge in [-0.15, -0.1) is 0 Å². The lowest BCUT2D eigenvalue weighted by Gasteiger charge is -2.50. The second kappa shape index (κ2) is 5.18. The van der Waals surface area contributed by atoms with Crippen LogP contribution in [0, 0.1) is 41.4 Å². The Morgan fingerprint density at radius 3 is 2.60 bits per heavy atom. The molecule has 3 fully saturated rings. The molecule has 0 spiro atoms. The molecular formula is C20H32. The molecule has 0 amide bonds. The number of hydrogen-bond acceptors (Lipinski definition) is 0. The molecule has 0 aromatic carbocycles. The Labute approximate surface area is 125 Å². The van der Waals surface area contributed by atoms with Gasteiger partial charge in [-0.1, -0.05) is 38.3 Å². The molecule has 4 aliphatic rings. The molecule has 0 saturated heterocycles. The zero-order valence-electron chi connectivity index (χ0n) is 13.5. The molecule has 4 rings (SSSR count). The van der Waals surface area contributed by atoms with E-state index in [0.29, 0.717) is 0 Å². The highest BCUT2D eigenvalue weighted by atomic mass is 14.5. The van der Waals surface area contributed by atoms with Gasteiger partial charge in [0.15, 0.2) is 0 Å². The van der Waals surface area contributed by atoms with Crippen LogP contribution in [0.5, 0.6) is 0 Å². The molecule has 0 heterocycles. The summed E-state index contributed by atoms with van der Waals surface area (Å²) >= 11 is 0. The van der Waals surface area contributed by atoms with Crippen LogP contribution in [0.4, 0.5) is 0 Å². The average molecular weight is 272 g/mol. The van der Waals surface area contributed by atoms with Crippen molar-refractivity contribution in [1.82, 2.24) is 0 Å². The Morgan fingerprint density at radius 2 is 1.75 bits per heavy atom. The van der Waals surface area contributed by atoms with E-state index in [1.807, 2.05) is 5.57 Å². The highest BCUT2D eigenvalue weighted by molar-refractivity contribution is 5.18. The lowest BCUT2D eigenvalue weighted by atomic mass is 9.55. The van der Waals surface area contributed by atoms with Crippen LogP contribution in [0.3, 0.4) is 0 Å². The van der Waals surface area contributed by atoms with Crippen molar-refractivity contribution in [2.75, 3.05) is 0 Å². The standard InChI is InChI=1S/C20H32/c1-13(2)15-7-9-18-16(12-15)8-11-19-17-5-3-4-14(17)6-10-20(18)19/h12-15,17-20H,3-11H2,1-2H3. The summed E-state index contributed by atoms with van der Waals surface area (Å²) in [6, 6.07) is 0. The number of fused-ring (bicyclic) bond motifs is 5. The molecule has 20 heavy (non-hydrogen) atoms. The Bertz CT molecular complexity index is 391. The summed E-state index contributed by atoms with van der Waals surface area (Å²) in [7, 11) is 0. The van der Waals surface area contributed by atoms with Gasteiger partial charge in [0, 0.05) is 0 Å². The smallest absolute Gasteiger partial charge is 0.0172 e. The van der Waals surface area contributed by atoms with E-state index in [1.165, 1.54) is 19.3 Å². The predicted octanol–water partition coefficient (Wildman–Crippen LogP) is 5.83. The monoisotopic (exact) mass is 272 g/mol. The van der Waals surface area contributed by atoms with Crippen molar-refractivity contribution in [3.05, 3.63) is 11.6 Å². The molecule has 0 N–H and O–H groups in total. The van der Waals surface area contributed by atoms with Crippen LogP contribution in [-0.4, -0.2) is 0 Å². The van der Waals surface area contributed by atoms with E-state index >= 15 is 0 Å². The molecule has 0 radical (unpaired) electrons. The second-order valence-corrected chi connectivity index (χ2v) is 8.63. The van der Waals surface area contributed by atoms with Gasteiger partial charge in [0.05, 0.1) is 0 Å². The molecular weight excluding hydrogens is 240 g/mol. The summed E-state index contributed by atoms with van der Waals surface area (Å²) in [5.74, 6) is 7.22. The number of rotatable bonds is 1. The maximum atomic E-state index is 2.73. The molecule has 0 aromatic heterocycles. The Balaban J connectivity index is 1.55. The van der Waals surface area contributed by atoms with Crippen LogP contribution in [0.1, 0.15) is 71.6 Å². The van der Waals surface area contributed by atoms with Crippen molar-refractivity contribution in [3.8, 4) is 0 Å². The minimum atomic E-state index is 0.853. The first kappa shape index (κ1) is 13.4. The molecule has 4 aliphatic carbocycles. The van der Waals surface area contributed by atoms with Crippen LogP contribution in [0.25, 0.3) is 0 Å². The summed E-state index contributed by atoms with van der Waals surface area (Å²) in [6.07, 6.45) is 16.6. The van der Waals surface area contributed by atoms with Gasteiger partial charge >= 0.3 is 0 Å². The minimum Gasteiger partial charge on any atom is -0.0817 e.